The second-order valence-electron chi connectivity index (χ2n) is 4.08. The zero-order valence-electron chi connectivity index (χ0n) is 9.96. The van der Waals surface area contributed by atoms with E-state index in [9.17, 15) is 9.59 Å². The fraction of sp³-hybridized carbons (Fsp3) is 0.545. The van der Waals surface area contributed by atoms with Gasteiger partial charge in [0, 0.05) is 6.54 Å². The number of nitrogens with zero attached hydrogens (tertiary/aromatic N) is 2. The van der Waals surface area contributed by atoms with Gasteiger partial charge in [-0.05, 0) is 24.4 Å². The summed E-state index contributed by atoms with van der Waals surface area (Å²) >= 11 is 0. The topological polar surface area (TPSA) is 92.9 Å². The summed E-state index contributed by atoms with van der Waals surface area (Å²) in [5, 5.41) is 12.6. The number of hydrogen-bond acceptors (Lipinski definition) is 5. The van der Waals surface area contributed by atoms with Crippen LogP contribution in [0.5, 0.6) is 5.88 Å². The second-order valence-corrected chi connectivity index (χ2v) is 4.08. The van der Waals surface area contributed by atoms with Crippen molar-refractivity contribution in [1.82, 2.24) is 10.1 Å². The second kappa shape index (κ2) is 5.07. The van der Waals surface area contributed by atoms with Crippen LogP contribution in [-0.4, -0.2) is 46.7 Å². The van der Waals surface area contributed by atoms with E-state index < -0.39 is 17.9 Å². The Kier molecular flexibility index (Phi) is 3.50. The molecule has 98 valence electrons. The number of methoxy groups -OCH3 is 1. The minimum Gasteiger partial charge on any atom is -0.480 e. The summed E-state index contributed by atoms with van der Waals surface area (Å²) in [6.07, 6.45) is 2.06. The van der Waals surface area contributed by atoms with Gasteiger partial charge in [-0.3, -0.25) is 4.79 Å². The number of carboxylic acid groups (broad SMARTS) is 1. The van der Waals surface area contributed by atoms with Gasteiger partial charge in [0.25, 0.3) is 11.8 Å². The van der Waals surface area contributed by atoms with Gasteiger partial charge in [0.05, 0.1) is 13.2 Å². The smallest absolute Gasteiger partial charge is 0.326 e. The van der Waals surface area contributed by atoms with Gasteiger partial charge in [0.1, 0.15) is 6.04 Å². The number of aliphatic carboxylic acids is 1. The zero-order chi connectivity index (χ0) is 13.1. The van der Waals surface area contributed by atoms with Crippen LogP contribution in [0.15, 0.2) is 10.6 Å². The number of rotatable bonds is 3. The Labute approximate surface area is 103 Å². The Hall–Kier alpha value is -2.05. The third-order valence-corrected chi connectivity index (χ3v) is 2.96. The third kappa shape index (κ3) is 2.29. The van der Waals surface area contributed by atoms with Gasteiger partial charge in [0.2, 0.25) is 5.76 Å². The molecule has 18 heavy (non-hydrogen) atoms. The number of piperidine rings is 1. The van der Waals surface area contributed by atoms with Crippen LogP contribution in [0.3, 0.4) is 0 Å². The van der Waals surface area contributed by atoms with Crippen molar-refractivity contribution < 1.29 is 24.0 Å². The number of ether oxygens (including phenoxy) is 1. The number of carbonyl (C=O) groups excluding carboxylic acids is 1. The number of carbonyl (C=O) groups is 2. The monoisotopic (exact) mass is 254 g/mol. The quantitative estimate of drug-likeness (QED) is 0.856. The highest BCUT2D eigenvalue weighted by atomic mass is 16.5. The SMILES string of the molecule is COc1cc(C(=O)N2CCCCC2C(=O)O)on1. The van der Waals surface area contributed by atoms with Crippen molar-refractivity contribution in [3.05, 3.63) is 11.8 Å². The van der Waals surface area contributed by atoms with Gasteiger partial charge in [-0.15, -0.1) is 0 Å². The van der Waals surface area contributed by atoms with Gasteiger partial charge in [-0.1, -0.05) is 0 Å². The molecule has 0 radical (unpaired) electrons. The first-order valence-corrected chi connectivity index (χ1v) is 5.68. The van der Waals surface area contributed by atoms with Crippen molar-refractivity contribution in [3.8, 4) is 5.88 Å². The van der Waals surface area contributed by atoms with E-state index in [2.05, 4.69) is 5.16 Å². The van der Waals surface area contributed by atoms with Gasteiger partial charge in [0.15, 0.2) is 0 Å². The Morgan fingerprint density at radius 3 is 2.94 bits per heavy atom. The van der Waals surface area contributed by atoms with Gasteiger partial charge >= 0.3 is 5.97 Å². The van der Waals surface area contributed by atoms with Crippen LogP contribution in [0, 0.1) is 0 Å². The van der Waals surface area contributed by atoms with Crippen LogP contribution in [0.4, 0.5) is 0 Å². The normalized spacial score (nSPS) is 19.6. The van der Waals surface area contributed by atoms with E-state index in [1.165, 1.54) is 18.1 Å². The van der Waals surface area contributed by atoms with Crippen LogP contribution in [0.1, 0.15) is 29.8 Å². The van der Waals surface area contributed by atoms with Crippen molar-refractivity contribution in [1.29, 1.82) is 0 Å². The fourth-order valence-electron chi connectivity index (χ4n) is 2.03. The summed E-state index contributed by atoms with van der Waals surface area (Å²) < 4.78 is 9.65. The lowest BCUT2D eigenvalue weighted by atomic mass is 10.0. The number of amides is 1. The van der Waals surface area contributed by atoms with Crippen LogP contribution in [0.2, 0.25) is 0 Å². The molecule has 1 unspecified atom stereocenters. The lowest BCUT2D eigenvalue weighted by molar-refractivity contribution is -0.143. The predicted molar refractivity (Wildman–Crippen MR) is 59.4 cm³/mol. The highest BCUT2D eigenvalue weighted by Crippen LogP contribution is 2.21. The predicted octanol–water partition coefficient (Wildman–Crippen LogP) is 0.762. The summed E-state index contributed by atoms with van der Waals surface area (Å²) in [7, 11) is 1.41. The maximum Gasteiger partial charge on any atom is 0.326 e. The minimum atomic E-state index is -0.991. The molecule has 1 saturated heterocycles. The Morgan fingerprint density at radius 2 is 2.33 bits per heavy atom. The molecular formula is C11H14N2O5. The zero-order valence-corrected chi connectivity index (χ0v) is 9.96. The van der Waals surface area contributed by atoms with E-state index in [1.54, 1.807) is 0 Å². The molecule has 0 aliphatic carbocycles. The average Bonchev–Trinajstić information content (AvgIpc) is 2.86. The maximum absolute atomic E-state index is 12.1. The van der Waals surface area contributed by atoms with E-state index in [0.717, 1.165) is 12.8 Å². The molecule has 1 aromatic heterocycles. The summed E-state index contributed by atoms with van der Waals surface area (Å²) in [5.74, 6) is -1.25. The summed E-state index contributed by atoms with van der Waals surface area (Å²) in [5.41, 5.74) is 0. The molecule has 2 rings (SSSR count). The largest absolute Gasteiger partial charge is 0.480 e. The number of hydrogen-bond donors (Lipinski definition) is 1. The molecule has 1 atom stereocenters. The first-order chi connectivity index (χ1) is 8.63. The number of aromatic nitrogens is 1. The molecule has 7 nitrogen and oxygen atoms in total. The summed E-state index contributed by atoms with van der Waals surface area (Å²) in [4.78, 5) is 24.5. The molecule has 1 aliphatic heterocycles. The fourth-order valence-corrected chi connectivity index (χ4v) is 2.03. The molecule has 1 N–H and O–H groups in total. The molecule has 0 saturated carbocycles. The van der Waals surface area contributed by atoms with Gasteiger partial charge in [-0.2, -0.15) is 0 Å². The third-order valence-electron chi connectivity index (χ3n) is 2.96. The molecular weight excluding hydrogens is 240 g/mol. The van der Waals surface area contributed by atoms with Crippen molar-refractivity contribution in [2.45, 2.75) is 25.3 Å². The maximum atomic E-state index is 12.1. The summed E-state index contributed by atoms with van der Waals surface area (Å²) in [6.45, 7) is 0.415. The van der Waals surface area contributed by atoms with E-state index in [4.69, 9.17) is 14.4 Å². The number of likely N-dealkylation sites (tertiary alicyclic amines) is 1. The summed E-state index contributed by atoms with van der Waals surface area (Å²) in [6, 6.07) is 0.567. The Bertz CT molecular complexity index is 456. The molecule has 1 amide bonds. The standard InChI is InChI=1S/C11H14N2O5/c1-17-9-6-8(18-12-9)10(14)13-5-3-2-4-7(13)11(15)16/h6-7H,2-5H2,1H3,(H,15,16). The van der Waals surface area contributed by atoms with Crippen LogP contribution in [-0.2, 0) is 4.79 Å². The van der Waals surface area contributed by atoms with E-state index in [0.29, 0.717) is 13.0 Å². The lowest BCUT2D eigenvalue weighted by Gasteiger charge is -2.31. The van der Waals surface area contributed by atoms with E-state index in [-0.39, 0.29) is 11.6 Å². The first kappa shape index (κ1) is 12.4. The molecule has 7 heteroatoms. The van der Waals surface area contributed by atoms with E-state index >= 15 is 0 Å². The molecule has 2 heterocycles. The van der Waals surface area contributed by atoms with Crippen molar-refractivity contribution in [2.24, 2.45) is 0 Å². The van der Waals surface area contributed by atoms with Crippen molar-refractivity contribution >= 4 is 11.9 Å². The average molecular weight is 254 g/mol. The van der Waals surface area contributed by atoms with Crippen LogP contribution >= 0.6 is 0 Å². The molecule has 1 aliphatic rings. The van der Waals surface area contributed by atoms with Crippen LogP contribution in [0.25, 0.3) is 0 Å². The molecule has 1 fully saturated rings. The molecule has 0 spiro atoms. The van der Waals surface area contributed by atoms with Crippen molar-refractivity contribution in [2.75, 3.05) is 13.7 Å². The lowest BCUT2D eigenvalue weighted by Crippen LogP contribution is -2.47. The van der Waals surface area contributed by atoms with Crippen molar-refractivity contribution in [3.63, 3.8) is 0 Å². The molecule has 0 aromatic carbocycles. The Balaban J connectivity index is 2.17. The first-order valence-electron chi connectivity index (χ1n) is 5.68. The Morgan fingerprint density at radius 1 is 1.56 bits per heavy atom. The highest BCUT2D eigenvalue weighted by molar-refractivity contribution is 5.94. The van der Waals surface area contributed by atoms with Gasteiger partial charge < -0.3 is 19.3 Å². The minimum absolute atomic E-state index is 0.000000000000000444. The number of carboxylic acids is 1. The van der Waals surface area contributed by atoms with E-state index in [1.807, 2.05) is 0 Å². The highest BCUT2D eigenvalue weighted by Gasteiger charge is 2.34. The molecule has 1 aromatic rings. The molecule has 0 bridgehead atoms. The van der Waals surface area contributed by atoms with Gasteiger partial charge in [-0.25, -0.2) is 4.79 Å². The van der Waals surface area contributed by atoms with Crippen LogP contribution < -0.4 is 4.74 Å².